The molecule has 1 aromatic heterocycles. The van der Waals surface area contributed by atoms with Gasteiger partial charge in [-0.2, -0.15) is 0 Å². The first-order valence-electron chi connectivity index (χ1n) is 8.23. The second-order valence-electron chi connectivity index (χ2n) is 6.33. The van der Waals surface area contributed by atoms with Crippen LogP contribution in [0.5, 0.6) is 0 Å². The lowest BCUT2D eigenvalue weighted by molar-refractivity contribution is 0.0921. The van der Waals surface area contributed by atoms with E-state index in [-0.39, 0.29) is 17.7 Å². The Balaban J connectivity index is 1.82. The minimum atomic E-state index is -0.184. The number of hydrogen-bond acceptors (Lipinski definition) is 3. The van der Waals surface area contributed by atoms with E-state index in [4.69, 9.17) is 4.42 Å². The molecule has 1 amide bonds. The average Bonchev–Trinajstić information content (AvgIpc) is 2.85. The number of rotatable bonds is 3. The number of hydrogen-bond donors (Lipinski definition) is 1. The maximum atomic E-state index is 12.6. The third kappa shape index (κ3) is 2.74. The van der Waals surface area contributed by atoms with Gasteiger partial charge in [-0.15, -0.1) is 0 Å². The van der Waals surface area contributed by atoms with Crippen molar-refractivity contribution in [2.75, 3.05) is 0 Å². The summed E-state index contributed by atoms with van der Waals surface area (Å²) in [6, 6.07) is 0.0106. The average molecular weight is 301 g/mol. The molecule has 1 N–H and O–H groups in total. The van der Waals surface area contributed by atoms with Gasteiger partial charge in [-0.25, -0.2) is 0 Å². The summed E-state index contributed by atoms with van der Waals surface area (Å²) < 4.78 is 5.66. The summed E-state index contributed by atoms with van der Waals surface area (Å²) in [5, 5.41) is 3.04. The number of ketones is 1. The monoisotopic (exact) mass is 301 g/mol. The predicted molar refractivity (Wildman–Crippen MR) is 84.2 cm³/mol. The smallest absolute Gasteiger partial charge is 0.256 e. The highest BCUT2D eigenvalue weighted by Crippen LogP contribution is 2.30. The van der Waals surface area contributed by atoms with Crippen LogP contribution in [0.25, 0.3) is 0 Å². The first kappa shape index (κ1) is 15.1. The summed E-state index contributed by atoms with van der Waals surface area (Å²) >= 11 is 0. The van der Waals surface area contributed by atoms with Crippen LogP contribution in [0, 0.1) is 6.92 Å². The van der Waals surface area contributed by atoms with Crippen molar-refractivity contribution < 1.29 is 14.0 Å². The van der Waals surface area contributed by atoms with Crippen molar-refractivity contribution in [2.45, 2.75) is 64.8 Å². The third-order valence-corrected chi connectivity index (χ3v) is 4.70. The van der Waals surface area contributed by atoms with Gasteiger partial charge in [0.15, 0.2) is 5.78 Å². The maximum Gasteiger partial charge on any atom is 0.256 e. The maximum absolute atomic E-state index is 12.6. The van der Waals surface area contributed by atoms with Crippen molar-refractivity contribution >= 4 is 11.7 Å². The highest BCUT2D eigenvalue weighted by Gasteiger charge is 2.31. The van der Waals surface area contributed by atoms with Crippen LogP contribution in [0.4, 0.5) is 0 Å². The van der Waals surface area contributed by atoms with Crippen molar-refractivity contribution in [2.24, 2.45) is 0 Å². The summed E-state index contributed by atoms with van der Waals surface area (Å²) in [5.74, 6) is 1.09. The molecule has 22 heavy (non-hydrogen) atoms. The Labute approximate surface area is 131 Å². The van der Waals surface area contributed by atoms with E-state index in [0.717, 1.165) is 25.7 Å². The number of allylic oxidation sites excluding steroid dienone is 1. The third-order valence-electron chi connectivity index (χ3n) is 4.70. The molecule has 1 atom stereocenters. The number of carbonyl (C=O) groups is 2. The highest BCUT2D eigenvalue weighted by molar-refractivity contribution is 6.10. The highest BCUT2D eigenvalue weighted by atomic mass is 16.3. The summed E-state index contributed by atoms with van der Waals surface area (Å²) in [4.78, 5) is 24.8. The molecule has 0 aliphatic heterocycles. The number of aryl methyl sites for hydroxylation is 2. The Morgan fingerprint density at radius 1 is 1.23 bits per heavy atom. The molecule has 0 saturated heterocycles. The van der Waals surface area contributed by atoms with Gasteiger partial charge >= 0.3 is 0 Å². The molecule has 118 valence electrons. The first-order valence-corrected chi connectivity index (χ1v) is 8.23. The van der Waals surface area contributed by atoms with Crippen LogP contribution in [0.3, 0.4) is 0 Å². The lowest BCUT2D eigenvalue weighted by Gasteiger charge is -2.21. The number of carbonyl (C=O) groups excluding carboxylic acids is 2. The zero-order valence-corrected chi connectivity index (χ0v) is 13.3. The molecule has 0 bridgehead atoms. The lowest BCUT2D eigenvalue weighted by Crippen LogP contribution is -2.35. The topological polar surface area (TPSA) is 59.3 Å². The number of nitrogens with one attached hydrogen (secondary N) is 1. The second-order valence-corrected chi connectivity index (χ2v) is 6.33. The molecular formula is C18H23NO3. The number of amides is 1. The number of Topliss-reactive ketones (excluding diaryl/α,β-unsaturated/α-hetero) is 1. The standard InChI is InChI=1S/C18H23NO3/c1-11(13-7-4-3-5-8-13)19-18(21)16-12(2)22-15-10-6-9-14(20)17(15)16/h7,11H,3-6,8-10H2,1-2H3,(H,19,21). The van der Waals surface area contributed by atoms with E-state index in [9.17, 15) is 9.59 Å². The Morgan fingerprint density at radius 3 is 2.77 bits per heavy atom. The minimum Gasteiger partial charge on any atom is -0.465 e. The zero-order chi connectivity index (χ0) is 15.7. The fourth-order valence-corrected chi connectivity index (χ4v) is 3.50. The van der Waals surface area contributed by atoms with Crippen molar-refractivity contribution in [1.82, 2.24) is 5.32 Å². The van der Waals surface area contributed by atoms with E-state index in [0.29, 0.717) is 29.1 Å². The summed E-state index contributed by atoms with van der Waals surface area (Å²) in [6.45, 7) is 3.78. The van der Waals surface area contributed by atoms with Gasteiger partial charge < -0.3 is 9.73 Å². The van der Waals surface area contributed by atoms with Gasteiger partial charge in [-0.1, -0.05) is 11.6 Å². The minimum absolute atomic E-state index is 0.0106. The largest absolute Gasteiger partial charge is 0.465 e. The molecule has 4 nitrogen and oxygen atoms in total. The van der Waals surface area contributed by atoms with E-state index in [2.05, 4.69) is 11.4 Å². The molecule has 1 aromatic rings. The fourth-order valence-electron chi connectivity index (χ4n) is 3.50. The van der Waals surface area contributed by atoms with E-state index < -0.39 is 0 Å². The summed E-state index contributed by atoms with van der Waals surface area (Å²) in [5.41, 5.74) is 2.26. The van der Waals surface area contributed by atoms with Gasteiger partial charge in [0, 0.05) is 18.9 Å². The van der Waals surface area contributed by atoms with Gasteiger partial charge in [0.25, 0.3) is 5.91 Å². The van der Waals surface area contributed by atoms with Crippen molar-refractivity contribution in [3.63, 3.8) is 0 Å². The van der Waals surface area contributed by atoms with Crippen LogP contribution in [0.15, 0.2) is 16.1 Å². The van der Waals surface area contributed by atoms with Gasteiger partial charge in [-0.05, 0) is 46.0 Å². The van der Waals surface area contributed by atoms with E-state index in [1.54, 1.807) is 6.92 Å². The molecular weight excluding hydrogens is 278 g/mol. The molecule has 0 radical (unpaired) electrons. The number of furan rings is 1. The molecule has 0 spiro atoms. The summed E-state index contributed by atoms with van der Waals surface area (Å²) in [6.07, 6.45) is 8.85. The zero-order valence-electron chi connectivity index (χ0n) is 13.3. The van der Waals surface area contributed by atoms with Crippen LogP contribution in [0.1, 0.15) is 77.7 Å². The normalized spacial score (nSPS) is 19.4. The van der Waals surface area contributed by atoms with Crippen LogP contribution in [0.2, 0.25) is 0 Å². The van der Waals surface area contributed by atoms with Gasteiger partial charge in [-0.3, -0.25) is 9.59 Å². The molecule has 1 unspecified atom stereocenters. The Morgan fingerprint density at radius 2 is 2.05 bits per heavy atom. The van der Waals surface area contributed by atoms with Crippen LogP contribution < -0.4 is 5.32 Å². The molecule has 2 aliphatic rings. The molecule has 0 saturated carbocycles. The molecule has 4 heteroatoms. The fraction of sp³-hybridized carbons (Fsp3) is 0.556. The molecule has 0 fully saturated rings. The molecule has 2 aliphatic carbocycles. The SMILES string of the molecule is Cc1oc2c(c1C(=O)NC(C)C1=CCCCC1)C(=O)CCC2. The molecule has 3 rings (SSSR count). The Hall–Kier alpha value is -1.84. The first-order chi connectivity index (χ1) is 10.6. The van der Waals surface area contributed by atoms with E-state index in [1.807, 2.05) is 6.92 Å². The van der Waals surface area contributed by atoms with E-state index in [1.165, 1.54) is 18.4 Å². The van der Waals surface area contributed by atoms with Crippen molar-refractivity contribution in [3.05, 3.63) is 34.3 Å². The van der Waals surface area contributed by atoms with Crippen molar-refractivity contribution in [1.29, 1.82) is 0 Å². The molecule has 1 heterocycles. The lowest BCUT2D eigenvalue weighted by atomic mass is 9.92. The predicted octanol–water partition coefficient (Wildman–Crippen LogP) is 3.73. The van der Waals surface area contributed by atoms with Crippen LogP contribution in [-0.2, 0) is 6.42 Å². The van der Waals surface area contributed by atoms with Crippen LogP contribution >= 0.6 is 0 Å². The van der Waals surface area contributed by atoms with Crippen molar-refractivity contribution in [3.8, 4) is 0 Å². The number of fused-ring (bicyclic) bond motifs is 1. The Bertz CT molecular complexity index is 639. The van der Waals surface area contributed by atoms with Gasteiger partial charge in [0.1, 0.15) is 11.5 Å². The quantitative estimate of drug-likeness (QED) is 0.865. The summed E-state index contributed by atoms with van der Waals surface area (Å²) in [7, 11) is 0. The molecule has 0 aromatic carbocycles. The second kappa shape index (κ2) is 6.11. The Kier molecular flexibility index (Phi) is 4.19. The van der Waals surface area contributed by atoms with Crippen LogP contribution in [-0.4, -0.2) is 17.7 Å². The van der Waals surface area contributed by atoms with E-state index >= 15 is 0 Å². The van der Waals surface area contributed by atoms with Gasteiger partial charge in [0.05, 0.1) is 11.1 Å². The van der Waals surface area contributed by atoms with Gasteiger partial charge in [0.2, 0.25) is 0 Å².